The van der Waals surface area contributed by atoms with Crippen molar-refractivity contribution in [2.24, 2.45) is 0 Å². The number of nitrogens with one attached hydrogen (secondary N) is 1. The highest BCUT2D eigenvalue weighted by molar-refractivity contribution is 8.00. The molecule has 0 saturated carbocycles. The normalized spacial score (nSPS) is 21.9. The Labute approximate surface area is 135 Å². The molecule has 2 unspecified atom stereocenters. The van der Waals surface area contributed by atoms with Crippen LogP contribution in [0.25, 0.3) is 0 Å². The van der Waals surface area contributed by atoms with Crippen molar-refractivity contribution in [1.29, 1.82) is 0 Å². The van der Waals surface area contributed by atoms with Crippen molar-refractivity contribution >= 4 is 23.6 Å². The van der Waals surface area contributed by atoms with Gasteiger partial charge < -0.3 is 14.6 Å². The van der Waals surface area contributed by atoms with Crippen LogP contribution in [0.4, 0.5) is 0 Å². The quantitative estimate of drug-likeness (QED) is 0.925. The Morgan fingerprint density at radius 1 is 1.45 bits per heavy atom. The Balaban J connectivity index is 2.21. The van der Waals surface area contributed by atoms with E-state index in [1.165, 1.54) is 6.26 Å². The fourth-order valence-electron chi connectivity index (χ4n) is 2.49. The van der Waals surface area contributed by atoms with Crippen molar-refractivity contribution in [3.05, 3.63) is 24.2 Å². The maximum atomic E-state index is 12.7. The number of furan rings is 1. The molecule has 0 spiro atoms. The molecule has 2 heterocycles. The van der Waals surface area contributed by atoms with E-state index in [1.54, 1.807) is 28.8 Å². The third-order valence-electron chi connectivity index (χ3n) is 3.40. The zero-order valence-electron chi connectivity index (χ0n) is 13.6. The van der Waals surface area contributed by atoms with Gasteiger partial charge in [0.1, 0.15) is 6.04 Å². The van der Waals surface area contributed by atoms with E-state index in [0.717, 1.165) is 12.8 Å². The Morgan fingerprint density at radius 3 is 2.73 bits per heavy atom. The number of hydrogen-bond donors (Lipinski definition) is 1. The second-order valence-electron chi connectivity index (χ2n) is 6.52. The molecule has 1 aliphatic heterocycles. The highest BCUT2D eigenvalue weighted by atomic mass is 32.2. The topological polar surface area (TPSA) is 62.6 Å². The predicted octanol–water partition coefficient (Wildman–Crippen LogP) is 2.88. The first-order valence-corrected chi connectivity index (χ1v) is 8.68. The summed E-state index contributed by atoms with van der Waals surface area (Å²) in [6.45, 7) is 7.90. The first-order chi connectivity index (χ1) is 10.3. The highest BCUT2D eigenvalue weighted by Crippen LogP contribution is 2.33. The molecule has 1 saturated heterocycles. The largest absolute Gasteiger partial charge is 0.459 e. The lowest BCUT2D eigenvalue weighted by atomic mass is 10.1. The predicted molar refractivity (Wildman–Crippen MR) is 87.7 cm³/mol. The van der Waals surface area contributed by atoms with Gasteiger partial charge in [0.2, 0.25) is 5.91 Å². The minimum atomic E-state index is -0.446. The minimum absolute atomic E-state index is 0.0262. The van der Waals surface area contributed by atoms with Crippen molar-refractivity contribution in [1.82, 2.24) is 10.2 Å². The van der Waals surface area contributed by atoms with Crippen LogP contribution in [0.15, 0.2) is 22.8 Å². The molecule has 0 aromatic carbocycles. The van der Waals surface area contributed by atoms with Gasteiger partial charge in [-0.15, -0.1) is 11.8 Å². The lowest BCUT2D eigenvalue weighted by molar-refractivity contribution is -0.126. The van der Waals surface area contributed by atoms with E-state index in [0.29, 0.717) is 5.75 Å². The molecule has 1 aliphatic rings. The molecular weight excluding hydrogens is 300 g/mol. The average Bonchev–Trinajstić information content (AvgIpc) is 3.05. The first-order valence-electron chi connectivity index (χ1n) is 7.63. The molecule has 1 fully saturated rings. The van der Waals surface area contributed by atoms with Gasteiger partial charge in [-0.3, -0.25) is 9.59 Å². The van der Waals surface area contributed by atoms with Crippen LogP contribution in [-0.2, 0) is 4.79 Å². The summed E-state index contributed by atoms with van der Waals surface area (Å²) in [6, 6.07) is 2.89. The Kier molecular flexibility index (Phi) is 5.21. The van der Waals surface area contributed by atoms with Crippen molar-refractivity contribution in [3.63, 3.8) is 0 Å². The number of rotatable bonds is 4. The monoisotopic (exact) mass is 324 g/mol. The summed E-state index contributed by atoms with van der Waals surface area (Å²) in [6.07, 6.45) is 3.32. The molecule has 2 atom stereocenters. The summed E-state index contributed by atoms with van der Waals surface area (Å²) in [5.74, 6) is 0.608. The first kappa shape index (κ1) is 16.9. The third-order valence-corrected chi connectivity index (χ3v) is 4.75. The minimum Gasteiger partial charge on any atom is -0.459 e. The lowest BCUT2D eigenvalue weighted by Gasteiger charge is -2.30. The van der Waals surface area contributed by atoms with Gasteiger partial charge in [0.15, 0.2) is 5.76 Å². The number of amides is 2. The molecule has 6 heteroatoms. The van der Waals surface area contributed by atoms with E-state index in [-0.39, 0.29) is 28.5 Å². The molecule has 1 aromatic heterocycles. The molecule has 0 radical (unpaired) electrons. The molecule has 22 heavy (non-hydrogen) atoms. The van der Waals surface area contributed by atoms with E-state index in [2.05, 4.69) is 12.2 Å². The van der Waals surface area contributed by atoms with Gasteiger partial charge in [-0.25, -0.2) is 0 Å². The molecule has 5 nitrogen and oxygen atoms in total. The van der Waals surface area contributed by atoms with Crippen LogP contribution in [-0.4, -0.2) is 39.4 Å². The smallest absolute Gasteiger partial charge is 0.291 e. The van der Waals surface area contributed by atoms with E-state index in [9.17, 15) is 9.59 Å². The van der Waals surface area contributed by atoms with Crippen LogP contribution in [0, 0.1) is 0 Å². The average molecular weight is 324 g/mol. The molecule has 1 aromatic rings. The van der Waals surface area contributed by atoms with Gasteiger partial charge in [-0.05, 0) is 39.3 Å². The molecule has 2 rings (SSSR count). The molecule has 122 valence electrons. The van der Waals surface area contributed by atoms with Crippen LogP contribution in [0.5, 0.6) is 0 Å². The van der Waals surface area contributed by atoms with Gasteiger partial charge in [0.25, 0.3) is 5.91 Å². The van der Waals surface area contributed by atoms with Crippen molar-refractivity contribution < 1.29 is 14.0 Å². The number of carbonyl (C=O) groups is 2. The maximum Gasteiger partial charge on any atom is 0.291 e. The second kappa shape index (κ2) is 6.77. The van der Waals surface area contributed by atoms with Gasteiger partial charge in [0, 0.05) is 11.3 Å². The van der Waals surface area contributed by atoms with Crippen molar-refractivity contribution in [2.75, 3.05) is 5.75 Å². The molecule has 0 bridgehead atoms. The van der Waals surface area contributed by atoms with E-state index in [4.69, 9.17) is 4.42 Å². The number of thioether (sulfide) groups is 1. The van der Waals surface area contributed by atoms with Crippen LogP contribution in [0.1, 0.15) is 51.1 Å². The SMILES string of the molecule is CCCC1SCC(C(=O)NC(C)(C)C)N1C(=O)c1ccco1. The summed E-state index contributed by atoms with van der Waals surface area (Å²) < 4.78 is 5.23. The zero-order chi connectivity index (χ0) is 16.3. The molecule has 0 aliphatic carbocycles. The van der Waals surface area contributed by atoms with Gasteiger partial charge in [-0.1, -0.05) is 13.3 Å². The van der Waals surface area contributed by atoms with E-state index < -0.39 is 6.04 Å². The van der Waals surface area contributed by atoms with E-state index in [1.807, 2.05) is 20.8 Å². The lowest BCUT2D eigenvalue weighted by Crippen LogP contribution is -2.53. The van der Waals surface area contributed by atoms with Gasteiger partial charge >= 0.3 is 0 Å². The fourth-order valence-corrected chi connectivity index (χ4v) is 4.01. The summed E-state index contributed by atoms with van der Waals surface area (Å²) in [4.78, 5) is 26.9. The van der Waals surface area contributed by atoms with Crippen LogP contribution in [0.3, 0.4) is 0 Å². The Bertz CT molecular complexity index is 522. The van der Waals surface area contributed by atoms with Crippen LogP contribution >= 0.6 is 11.8 Å². The van der Waals surface area contributed by atoms with Crippen molar-refractivity contribution in [2.45, 2.75) is 57.5 Å². The number of hydrogen-bond acceptors (Lipinski definition) is 4. The van der Waals surface area contributed by atoms with Crippen molar-refractivity contribution in [3.8, 4) is 0 Å². The van der Waals surface area contributed by atoms with Gasteiger partial charge in [0.05, 0.1) is 11.6 Å². The van der Waals surface area contributed by atoms with Gasteiger partial charge in [-0.2, -0.15) is 0 Å². The van der Waals surface area contributed by atoms with Crippen LogP contribution in [0.2, 0.25) is 0 Å². The molecule has 1 N–H and O–H groups in total. The summed E-state index contributed by atoms with van der Waals surface area (Å²) in [5.41, 5.74) is -0.315. The molecular formula is C16H24N2O3S. The zero-order valence-corrected chi connectivity index (χ0v) is 14.4. The highest BCUT2D eigenvalue weighted by Gasteiger charge is 2.42. The van der Waals surface area contributed by atoms with Crippen LogP contribution < -0.4 is 5.32 Å². The number of carbonyl (C=O) groups excluding carboxylic acids is 2. The Morgan fingerprint density at radius 2 is 2.18 bits per heavy atom. The molecule has 2 amide bonds. The van der Waals surface area contributed by atoms with E-state index >= 15 is 0 Å². The summed E-state index contributed by atoms with van der Waals surface area (Å²) in [7, 11) is 0. The maximum absolute atomic E-state index is 12.7. The fraction of sp³-hybridized carbons (Fsp3) is 0.625. The third kappa shape index (κ3) is 3.85. The Hall–Kier alpha value is -1.43. The summed E-state index contributed by atoms with van der Waals surface area (Å²) >= 11 is 1.67. The number of nitrogens with zero attached hydrogens (tertiary/aromatic N) is 1. The summed E-state index contributed by atoms with van der Waals surface area (Å²) in [5, 5.41) is 3.00. The second-order valence-corrected chi connectivity index (χ2v) is 7.73. The standard InChI is InChI=1S/C16H24N2O3S/c1-5-7-13-18(15(20)12-8-6-9-21-12)11(10-22-13)14(19)17-16(2,3)4/h6,8-9,11,13H,5,7,10H2,1-4H3,(H,17,19).